The van der Waals surface area contributed by atoms with Gasteiger partial charge in [-0.15, -0.1) is 0 Å². The summed E-state index contributed by atoms with van der Waals surface area (Å²) in [6, 6.07) is 0. The SMILES string of the molecule is COCCN1CCOC(CCC(=O)O)C1=O. The smallest absolute Gasteiger partial charge is 0.303 e. The van der Waals surface area contributed by atoms with Crippen molar-refractivity contribution in [3.63, 3.8) is 0 Å². The van der Waals surface area contributed by atoms with Crippen molar-refractivity contribution in [3.8, 4) is 0 Å². The molecule has 0 bridgehead atoms. The molecule has 6 heteroatoms. The van der Waals surface area contributed by atoms with Gasteiger partial charge in [0.05, 0.1) is 13.2 Å². The molecule has 1 atom stereocenters. The first-order valence-corrected chi connectivity index (χ1v) is 5.26. The summed E-state index contributed by atoms with van der Waals surface area (Å²) in [7, 11) is 1.58. The molecule has 1 amide bonds. The number of rotatable bonds is 6. The Bertz CT molecular complexity index is 256. The van der Waals surface area contributed by atoms with Gasteiger partial charge in [0.15, 0.2) is 0 Å². The van der Waals surface area contributed by atoms with Gasteiger partial charge in [0.2, 0.25) is 0 Å². The van der Waals surface area contributed by atoms with E-state index in [4.69, 9.17) is 14.6 Å². The number of ether oxygens (including phenoxy) is 2. The first kappa shape index (κ1) is 12.9. The van der Waals surface area contributed by atoms with Crippen LogP contribution in [0.5, 0.6) is 0 Å². The summed E-state index contributed by atoms with van der Waals surface area (Å²) in [5, 5.41) is 8.54. The van der Waals surface area contributed by atoms with Crippen LogP contribution in [-0.2, 0) is 19.1 Å². The van der Waals surface area contributed by atoms with Crippen LogP contribution in [0.15, 0.2) is 0 Å². The summed E-state index contributed by atoms with van der Waals surface area (Å²) < 4.78 is 10.2. The summed E-state index contributed by atoms with van der Waals surface area (Å²) in [5.41, 5.74) is 0. The van der Waals surface area contributed by atoms with Crippen molar-refractivity contribution < 1.29 is 24.2 Å². The van der Waals surface area contributed by atoms with E-state index in [1.807, 2.05) is 0 Å². The number of amides is 1. The van der Waals surface area contributed by atoms with Crippen LogP contribution in [0.1, 0.15) is 12.8 Å². The van der Waals surface area contributed by atoms with Crippen molar-refractivity contribution >= 4 is 11.9 Å². The monoisotopic (exact) mass is 231 g/mol. The quantitative estimate of drug-likeness (QED) is 0.680. The molecule has 0 aromatic rings. The third-order valence-electron chi connectivity index (χ3n) is 2.45. The Morgan fingerprint density at radius 3 is 3.06 bits per heavy atom. The Hall–Kier alpha value is -1.14. The lowest BCUT2D eigenvalue weighted by Gasteiger charge is -2.32. The number of carboxylic acids is 1. The molecule has 92 valence electrons. The number of morpholine rings is 1. The van der Waals surface area contributed by atoms with E-state index < -0.39 is 12.1 Å². The number of methoxy groups -OCH3 is 1. The molecule has 1 aliphatic heterocycles. The van der Waals surface area contributed by atoms with E-state index in [0.717, 1.165) is 0 Å². The van der Waals surface area contributed by atoms with Gasteiger partial charge in [0.25, 0.3) is 5.91 Å². The second-order valence-electron chi connectivity index (χ2n) is 3.61. The third-order valence-corrected chi connectivity index (χ3v) is 2.45. The molecule has 1 heterocycles. The highest BCUT2D eigenvalue weighted by Crippen LogP contribution is 2.12. The van der Waals surface area contributed by atoms with Crippen molar-refractivity contribution in [3.05, 3.63) is 0 Å². The number of aliphatic carboxylic acids is 1. The van der Waals surface area contributed by atoms with Gasteiger partial charge in [0, 0.05) is 26.6 Å². The van der Waals surface area contributed by atoms with Gasteiger partial charge in [-0.25, -0.2) is 0 Å². The predicted molar refractivity (Wildman–Crippen MR) is 55.1 cm³/mol. The van der Waals surface area contributed by atoms with Gasteiger partial charge >= 0.3 is 5.97 Å². The molecule has 0 aromatic heterocycles. The van der Waals surface area contributed by atoms with Crippen molar-refractivity contribution in [1.82, 2.24) is 4.90 Å². The van der Waals surface area contributed by atoms with Crippen molar-refractivity contribution in [2.75, 3.05) is 33.4 Å². The maximum Gasteiger partial charge on any atom is 0.303 e. The molecular weight excluding hydrogens is 214 g/mol. The van der Waals surface area contributed by atoms with E-state index in [1.165, 1.54) is 0 Å². The van der Waals surface area contributed by atoms with Gasteiger partial charge in [-0.2, -0.15) is 0 Å². The highest BCUT2D eigenvalue weighted by atomic mass is 16.5. The van der Waals surface area contributed by atoms with Gasteiger partial charge in [-0.1, -0.05) is 0 Å². The number of carboxylic acid groups (broad SMARTS) is 1. The Kier molecular flexibility index (Phi) is 5.21. The summed E-state index contributed by atoms with van der Waals surface area (Å²) in [4.78, 5) is 23.9. The van der Waals surface area contributed by atoms with Crippen molar-refractivity contribution in [1.29, 1.82) is 0 Å². The van der Waals surface area contributed by atoms with Crippen molar-refractivity contribution in [2.24, 2.45) is 0 Å². The first-order chi connectivity index (χ1) is 7.65. The summed E-state index contributed by atoms with van der Waals surface area (Å²) in [6.07, 6.45) is -0.423. The number of hydrogen-bond donors (Lipinski definition) is 1. The van der Waals surface area contributed by atoms with Crippen molar-refractivity contribution in [2.45, 2.75) is 18.9 Å². The standard InChI is InChI=1S/C10H17NO5/c1-15-6-4-11-5-7-16-8(10(11)14)2-3-9(12)13/h8H,2-7H2,1H3,(H,12,13). The van der Waals surface area contributed by atoms with Crippen LogP contribution in [-0.4, -0.2) is 61.4 Å². The lowest BCUT2D eigenvalue weighted by molar-refractivity contribution is -0.155. The molecule has 0 aliphatic carbocycles. The number of carbonyl (C=O) groups excluding carboxylic acids is 1. The first-order valence-electron chi connectivity index (χ1n) is 5.26. The zero-order chi connectivity index (χ0) is 12.0. The zero-order valence-electron chi connectivity index (χ0n) is 9.35. The van der Waals surface area contributed by atoms with Crippen LogP contribution >= 0.6 is 0 Å². The second-order valence-corrected chi connectivity index (χ2v) is 3.61. The predicted octanol–water partition coefficient (Wildman–Crippen LogP) is -0.275. The number of nitrogens with zero attached hydrogens (tertiary/aromatic N) is 1. The summed E-state index contributed by atoms with van der Waals surface area (Å²) in [6.45, 7) is 2.02. The van der Waals surface area contributed by atoms with Crippen LogP contribution in [0, 0.1) is 0 Å². The third kappa shape index (κ3) is 3.79. The van der Waals surface area contributed by atoms with E-state index in [1.54, 1.807) is 12.0 Å². The Morgan fingerprint density at radius 1 is 1.69 bits per heavy atom. The van der Waals surface area contributed by atoms with Gasteiger partial charge in [-0.3, -0.25) is 9.59 Å². The molecule has 1 saturated heterocycles. The fourth-order valence-electron chi connectivity index (χ4n) is 1.58. The van der Waals surface area contributed by atoms with Crippen LogP contribution in [0.3, 0.4) is 0 Å². The molecule has 0 saturated carbocycles. The highest BCUT2D eigenvalue weighted by Gasteiger charge is 2.29. The van der Waals surface area contributed by atoms with Gasteiger partial charge in [-0.05, 0) is 6.42 Å². The number of hydrogen-bond acceptors (Lipinski definition) is 4. The fourth-order valence-corrected chi connectivity index (χ4v) is 1.58. The molecule has 1 rings (SSSR count). The molecule has 1 aliphatic rings. The Morgan fingerprint density at radius 2 is 2.44 bits per heavy atom. The van der Waals surface area contributed by atoms with E-state index in [0.29, 0.717) is 26.3 Å². The number of carbonyl (C=O) groups is 2. The lowest BCUT2D eigenvalue weighted by atomic mass is 10.1. The maximum absolute atomic E-state index is 11.8. The van der Waals surface area contributed by atoms with E-state index in [9.17, 15) is 9.59 Å². The van der Waals surface area contributed by atoms with E-state index >= 15 is 0 Å². The molecule has 6 nitrogen and oxygen atoms in total. The Balaban J connectivity index is 2.40. The average Bonchev–Trinajstić information content (AvgIpc) is 2.26. The fraction of sp³-hybridized carbons (Fsp3) is 0.800. The van der Waals surface area contributed by atoms with E-state index in [2.05, 4.69) is 0 Å². The minimum Gasteiger partial charge on any atom is -0.481 e. The molecule has 0 aromatic carbocycles. The maximum atomic E-state index is 11.8. The lowest BCUT2D eigenvalue weighted by Crippen LogP contribution is -2.48. The van der Waals surface area contributed by atoms with E-state index in [-0.39, 0.29) is 18.7 Å². The van der Waals surface area contributed by atoms with Gasteiger partial charge in [0.1, 0.15) is 6.10 Å². The molecule has 1 N–H and O–H groups in total. The molecule has 16 heavy (non-hydrogen) atoms. The molecule has 0 spiro atoms. The zero-order valence-corrected chi connectivity index (χ0v) is 9.35. The molecule has 0 radical (unpaired) electrons. The topological polar surface area (TPSA) is 76.1 Å². The second kappa shape index (κ2) is 6.44. The largest absolute Gasteiger partial charge is 0.481 e. The average molecular weight is 231 g/mol. The minimum absolute atomic E-state index is 0.0471. The van der Waals surface area contributed by atoms with Crippen LogP contribution in [0.4, 0.5) is 0 Å². The molecule has 1 fully saturated rings. The minimum atomic E-state index is -0.912. The van der Waals surface area contributed by atoms with Crippen LogP contribution in [0.25, 0.3) is 0 Å². The summed E-state index contributed by atoms with van der Waals surface area (Å²) >= 11 is 0. The molecule has 1 unspecified atom stereocenters. The Labute approximate surface area is 94.1 Å². The summed E-state index contributed by atoms with van der Waals surface area (Å²) in [5.74, 6) is -1.05. The van der Waals surface area contributed by atoms with Crippen LogP contribution < -0.4 is 0 Å². The van der Waals surface area contributed by atoms with Gasteiger partial charge < -0.3 is 19.5 Å². The highest BCUT2D eigenvalue weighted by molar-refractivity contribution is 5.82. The molecular formula is C10H17NO5. The normalized spacial score (nSPS) is 21.2. The van der Waals surface area contributed by atoms with Crippen LogP contribution in [0.2, 0.25) is 0 Å².